The van der Waals surface area contributed by atoms with E-state index in [2.05, 4.69) is 4.89 Å². The predicted molar refractivity (Wildman–Crippen MR) is 85.2 cm³/mol. The topological polar surface area (TPSA) is 72.5 Å². The summed E-state index contributed by atoms with van der Waals surface area (Å²) in [6.07, 6.45) is 2.02. The molecule has 0 fully saturated rings. The molecule has 118 valence electrons. The molecule has 0 aliphatic heterocycles. The summed E-state index contributed by atoms with van der Waals surface area (Å²) in [7, 11) is -5.25. The highest BCUT2D eigenvalue weighted by atomic mass is 32.2. The van der Waals surface area contributed by atoms with Crippen LogP contribution in [0.1, 0.15) is 5.56 Å². The van der Waals surface area contributed by atoms with Crippen molar-refractivity contribution in [1.82, 2.24) is 4.89 Å². The summed E-state index contributed by atoms with van der Waals surface area (Å²) < 4.78 is 36.0. The van der Waals surface area contributed by atoms with Crippen molar-refractivity contribution >= 4 is 20.8 Å². The molecular formula is C15H17NO4S2. The molecule has 2 rings (SSSR count). The molecule has 2 aromatic carbocycles. The Bertz CT molecular complexity index is 745. The minimum absolute atomic E-state index is 0.0319. The lowest BCUT2D eigenvalue weighted by molar-refractivity contribution is 0.0958. The lowest BCUT2D eigenvalue weighted by Gasteiger charge is -2.10. The largest absolute Gasteiger partial charge is 0.286 e. The lowest BCUT2D eigenvalue weighted by Crippen LogP contribution is -2.26. The van der Waals surface area contributed by atoms with E-state index in [4.69, 9.17) is 4.84 Å². The van der Waals surface area contributed by atoms with E-state index >= 15 is 0 Å². The molecule has 0 saturated carbocycles. The van der Waals surface area contributed by atoms with Crippen LogP contribution in [0.15, 0.2) is 64.4 Å². The molecule has 0 aliphatic rings. The molecular weight excluding hydrogens is 322 g/mol. The van der Waals surface area contributed by atoms with Gasteiger partial charge >= 0.3 is 0 Å². The summed E-state index contributed by atoms with van der Waals surface area (Å²) in [5, 5.41) is 0. The Hall–Kier alpha value is -1.54. The van der Waals surface area contributed by atoms with Crippen LogP contribution < -0.4 is 4.89 Å². The summed E-state index contributed by atoms with van der Waals surface area (Å²) in [5.41, 5.74) is 1.05. The molecule has 0 spiro atoms. The molecule has 1 atom stereocenters. The molecule has 5 nitrogen and oxygen atoms in total. The van der Waals surface area contributed by atoms with E-state index in [9.17, 15) is 12.6 Å². The van der Waals surface area contributed by atoms with Crippen molar-refractivity contribution < 1.29 is 17.5 Å². The van der Waals surface area contributed by atoms with Crippen LogP contribution >= 0.6 is 0 Å². The molecule has 1 N–H and O–H groups in total. The zero-order valence-corrected chi connectivity index (χ0v) is 13.7. The van der Waals surface area contributed by atoms with Crippen LogP contribution in [0.5, 0.6) is 0 Å². The third kappa shape index (κ3) is 4.48. The number of benzene rings is 2. The average molecular weight is 339 g/mol. The van der Waals surface area contributed by atoms with Crippen molar-refractivity contribution in [2.24, 2.45) is 0 Å². The van der Waals surface area contributed by atoms with Crippen LogP contribution in [0, 0.1) is 0 Å². The summed E-state index contributed by atoms with van der Waals surface area (Å²) in [4.78, 5) is 7.35. The third-order valence-electron chi connectivity index (χ3n) is 2.95. The van der Waals surface area contributed by atoms with Gasteiger partial charge in [0.2, 0.25) is 0 Å². The van der Waals surface area contributed by atoms with Crippen molar-refractivity contribution in [2.45, 2.75) is 16.2 Å². The van der Waals surface area contributed by atoms with Gasteiger partial charge in [0, 0.05) is 6.26 Å². The fourth-order valence-corrected chi connectivity index (χ4v) is 4.11. The first-order valence-corrected chi connectivity index (χ1v) is 9.65. The van der Waals surface area contributed by atoms with Gasteiger partial charge in [-0.25, -0.2) is 8.42 Å². The Balaban J connectivity index is 1.99. The highest BCUT2D eigenvalue weighted by Gasteiger charge is 2.20. The van der Waals surface area contributed by atoms with Crippen LogP contribution in [0.25, 0.3) is 0 Å². The lowest BCUT2D eigenvalue weighted by atomic mass is 10.2. The van der Waals surface area contributed by atoms with Gasteiger partial charge < -0.3 is 0 Å². The maximum Gasteiger partial charge on any atom is 0.263 e. The van der Waals surface area contributed by atoms with Gasteiger partial charge in [-0.05, 0) is 24.1 Å². The standard InChI is InChI=1S/C15H17NO4S2/c1-21(17)14-9-5-6-10-15(14)22(18,19)16-20-12-11-13-7-3-2-4-8-13/h2-10,16H,11-12H2,1H3. The van der Waals surface area contributed by atoms with Gasteiger partial charge in [-0.2, -0.15) is 0 Å². The summed E-state index contributed by atoms with van der Waals surface area (Å²) in [6, 6.07) is 15.8. The third-order valence-corrected chi connectivity index (χ3v) is 5.33. The van der Waals surface area contributed by atoms with Crippen molar-refractivity contribution in [3.8, 4) is 0 Å². The van der Waals surface area contributed by atoms with E-state index in [-0.39, 0.29) is 16.4 Å². The fraction of sp³-hybridized carbons (Fsp3) is 0.200. The average Bonchev–Trinajstić information content (AvgIpc) is 2.52. The fourth-order valence-electron chi connectivity index (χ4n) is 1.89. The predicted octanol–water partition coefficient (Wildman–Crippen LogP) is 1.88. The second kappa shape index (κ2) is 7.64. The van der Waals surface area contributed by atoms with Gasteiger partial charge in [0.15, 0.2) is 0 Å². The minimum atomic E-state index is -3.86. The van der Waals surface area contributed by atoms with Crippen molar-refractivity contribution in [3.63, 3.8) is 0 Å². The molecule has 0 saturated heterocycles. The molecule has 0 aliphatic carbocycles. The second-order valence-corrected chi connectivity index (χ2v) is 7.53. The van der Waals surface area contributed by atoms with Crippen LogP contribution in [-0.2, 0) is 32.1 Å². The summed E-state index contributed by atoms with van der Waals surface area (Å²) in [6.45, 7) is 0.209. The van der Waals surface area contributed by atoms with E-state index < -0.39 is 20.8 Å². The van der Waals surface area contributed by atoms with Crippen molar-refractivity contribution in [3.05, 3.63) is 60.2 Å². The molecule has 0 heterocycles. The Labute approximate surface area is 132 Å². The van der Waals surface area contributed by atoms with Gasteiger partial charge in [0.05, 0.1) is 22.3 Å². The molecule has 2 aromatic rings. The zero-order valence-electron chi connectivity index (χ0n) is 12.1. The SMILES string of the molecule is CS(=O)c1ccccc1S(=O)(=O)NOCCc1ccccc1. The summed E-state index contributed by atoms with van der Waals surface area (Å²) >= 11 is 0. The number of sulfonamides is 1. The number of nitrogens with one attached hydrogen (secondary N) is 1. The van der Waals surface area contributed by atoms with Gasteiger partial charge in [-0.3, -0.25) is 9.05 Å². The van der Waals surface area contributed by atoms with Gasteiger partial charge in [-0.15, -0.1) is 0 Å². The normalized spacial score (nSPS) is 13.0. The van der Waals surface area contributed by atoms with Crippen LogP contribution in [0.4, 0.5) is 0 Å². The molecule has 0 bridgehead atoms. The first kappa shape index (κ1) is 16.8. The van der Waals surface area contributed by atoms with Crippen molar-refractivity contribution in [2.75, 3.05) is 12.9 Å². The van der Waals surface area contributed by atoms with Gasteiger partial charge in [-0.1, -0.05) is 47.3 Å². The van der Waals surface area contributed by atoms with Crippen LogP contribution in [0.3, 0.4) is 0 Å². The minimum Gasteiger partial charge on any atom is -0.286 e. The monoisotopic (exact) mass is 339 g/mol. The highest BCUT2D eigenvalue weighted by molar-refractivity contribution is 7.90. The Kier molecular flexibility index (Phi) is 5.84. The Morgan fingerprint density at radius 2 is 1.68 bits per heavy atom. The quantitative estimate of drug-likeness (QED) is 0.617. The Morgan fingerprint density at radius 3 is 2.36 bits per heavy atom. The molecule has 1 unspecified atom stereocenters. The Morgan fingerprint density at radius 1 is 1.05 bits per heavy atom. The van der Waals surface area contributed by atoms with Crippen LogP contribution in [0.2, 0.25) is 0 Å². The second-order valence-electron chi connectivity index (χ2n) is 4.57. The van der Waals surface area contributed by atoms with E-state index in [0.717, 1.165) is 5.56 Å². The molecule has 0 radical (unpaired) electrons. The van der Waals surface area contributed by atoms with E-state index in [0.29, 0.717) is 6.42 Å². The van der Waals surface area contributed by atoms with Crippen molar-refractivity contribution in [1.29, 1.82) is 0 Å². The van der Waals surface area contributed by atoms with E-state index in [1.165, 1.54) is 18.4 Å². The van der Waals surface area contributed by atoms with E-state index in [1.54, 1.807) is 12.1 Å². The molecule has 22 heavy (non-hydrogen) atoms. The summed E-state index contributed by atoms with van der Waals surface area (Å²) in [5.74, 6) is 0. The number of hydrogen-bond donors (Lipinski definition) is 1. The maximum atomic E-state index is 12.2. The number of rotatable bonds is 7. The maximum absolute atomic E-state index is 12.2. The number of hydrogen-bond acceptors (Lipinski definition) is 4. The molecule has 0 aromatic heterocycles. The molecule has 7 heteroatoms. The van der Waals surface area contributed by atoms with E-state index in [1.807, 2.05) is 30.3 Å². The van der Waals surface area contributed by atoms with Gasteiger partial charge in [0.1, 0.15) is 4.90 Å². The van der Waals surface area contributed by atoms with Crippen LogP contribution in [-0.4, -0.2) is 25.5 Å². The first-order chi connectivity index (χ1) is 10.5. The first-order valence-electron chi connectivity index (χ1n) is 6.61. The zero-order chi connectivity index (χ0) is 16.0. The highest BCUT2D eigenvalue weighted by Crippen LogP contribution is 2.18. The molecule has 0 amide bonds. The smallest absolute Gasteiger partial charge is 0.263 e. The van der Waals surface area contributed by atoms with Gasteiger partial charge in [0.25, 0.3) is 10.0 Å².